The number of aromatic hydroxyl groups is 1. The largest absolute Gasteiger partial charge is 0.508 e. The first-order chi connectivity index (χ1) is 6.53. The SMILES string of the molecule is CCCC(C)(O)Cc1cccc(O)c1. The van der Waals surface area contributed by atoms with E-state index in [2.05, 4.69) is 6.92 Å². The van der Waals surface area contributed by atoms with Gasteiger partial charge >= 0.3 is 0 Å². The number of hydrogen-bond acceptors (Lipinski definition) is 2. The zero-order valence-electron chi connectivity index (χ0n) is 8.83. The average Bonchev–Trinajstić information content (AvgIpc) is 2.02. The number of hydrogen-bond donors (Lipinski definition) is 2. The summed E-state index contributed by atoms with van der Waals surface area (Å²) in [6.07, 6.45) is 2.34. The third-order valence-corrected chi connectivity index (χ3v) is 2.28. The minimum atomic E-state index is -0.664. The third-order valence-electron chi connectivity index (χ3n) is 2.28. The molecule has 0 bridgehead atoms. The summed E-state index contributed by atoms with van der Waals surface area (Å²) in [5, 5.41) is 19.2. The second kappa shape index (κ2) is 4.47. The topological polar surface area (TPSA) is 40.5 Å². The summed E-state index contributed by atoms with van der Waals surface area (Å²) in [7, 11) is 0. The van der Waals surface area contributed by atoms with Crippen molar-refractivity contribution in [3.63, 3.8) is 0 Å². The molecule has 1 aromatic rings. The monoisotopic (exact) mass is 194 g/mol. The second-order valence-corrected chi connectivity index (χ2v) is 4.09. The van der Waals surface area contributed by atoms with Gasteiger partial charge in [0.25, 0.3) is 0 Å². The van der Waals surface area contributed by atoms with E-state index in [1.54, 1.807) is 18.2 Å². The molecular formula is C12H18O2. The molecule has 1 aromatic carbocycles. The van der Waals surface area contributed by atoms with Crippen LogP contribution in [0.25, 0.3) is 0 Å². The summed E-state index contributed by atoms with van der Waals surface area (Å²) >= 11 is 0. The van der Waals surface area contributed by atoms with Crippen LogP contribution in [-0.4, -0.2) is 15.8 Å². The maximum atomic E-state index is 9.98. The van der Waals surface area contributed by atoms with Crippen molar-refractivity contribution in [2.75, 3.05) is 0 Å². The van der Waals surface area contributed by atoms with Crippen molar-refractivity contribution in [2.24, 2.45) is 0 Å². The summed E-state index contributed by atoms with van der Waals surface area (Å²) in [6, 6.07) is 7.05. The molecule has 0 amide bonds. The Balaban J connectivity index is 2.68. The number of phenolic OH excluding ortho intramolecular Hbond substituents is 1. The van der Waals surface area contributed by atoms with Crippen molar-refractivity contribution in [3.05, 3.63) is 29.8 Å². The van der Waals surface area contributed by atoms with E-state index < -0.39 is 5.60 Å². The average molecular weight is 194 g/mol. The maximum Gasteiger partial charge on any atom is 0.115 e. The van der Waals surface area contributed by atoms with Crippen molar-refractivity contribution >= 4 is 0 Å². The van der Waals surface area contributed by atoms with E-state index in [1.165, 1.54) is 0 Å². The number of benzene rings is 1. The maximum absolute atomic E-state index is 9.98. The van der Waals surface area contributed by atoms with Gasteiger partial charge in [0.15, 0.2) is 0 Å². The van der Waals surface area contributed by atoms with Crippen LogP contribution in [0.15, 0.2) is 24.3 Å². The van der Waals surface area contributed by atoms with E-state index in [0.717, 1.165) is 18.4 Å². The van der Waals surface area contributed by atoms with Gasteiger partial charge in [0, 0.05) is 6.42 Å². The normalized spacial score (nSPS) is 15.1. The van der Waals surface area contributed by atoms with Crippen LogP contribution in [0.4, 0.5) is 0 Å². The zero-order valence-corrected chi connectivity index (χ0v) is 8.83. The lowest BCUT2D eigenvalue weighted by Gasteiger charge is -2.22. The van der Waals surface area contributed by atoms with Crippen molar-refractivity contribution < 1.29 is 10.2 Å². The van der Waals surface area contributed by atoms with Crippen molar-refractivity contribution in [2.45, 2.75) is 38.7 Å². The lowest BCUT2D eigenvalue weighted by atomic mass is 9.92. The van der Waals surface area contributed by atoms with E-state index >= 15 is 0 Å². The van der Waals surface area contributed by atoms with Gasteiger partial charge in [0.05, 0.1) is 5.60 Å². The standard InChI is InChI=1S/C12H18O2/c1-3-7-12(2,14)9-10-5-4-6-11(13)8-10/h4-6,8,13-14H,3,7,9H2,1-2H3. The van der Waals surface area contributed by atoms with Crippen LogP contribution < -0.4 is 0 Å². The van der Waals surface area contributed by atoms with Gasteiger partial charge in [-0.3, -0.25) is 0 Å². The van der Waals surface area contributed by atoms with Crippen LogP contribution in [0.3, 0.4) is 0 Å². The van der Waals surface area contributed by atoms with E-state index in [4.69, 9.17) is 0 Å². The highest BCUT2D eigenvalue weighted by Crippen LogP contribution is 2.20. The Labute approximate surface area is 85.2 Å². The molecule has 0 aliphatic rings. The predicted molar refractivity (Wildman–Crippen MR) is 57.3 cm³/mol. The Morgan fingerprint density at radius 1 is 1.36 bits per heavy atom. The molecular weight excluding hydrogens is 176 g/mol. The van der Waals surface area contributed by atoms with Crippen LogP contribution in [0.2, 0.25) is 0 Å². The number of rotatable bonds is 4. The molecule has 1 rings (SSSR count). The summed E-state index contributed by atoms with van der Waals surface area (Å²) in [5.74, 6) is 0.259. The molecule has 0 radical (unpaired) electrons. The van der Waals surface area contributed by atoms with E-state index in [0.29, 0.717) is 6.42 Å². The molecule has 0 aliphatic carbocycles. The van der Waals surface area contributed by atoms with Crippen molar-refractivity contribution in [1.82, 2.24) is 0 Å². The fourth-order valence-corrected chi connectivity index (χ4v) is 1.73. The summed E-state index contributed by atoms with van der Waals surface area (Å²) in [6.45, 7) is 3.89. The molecule has 0 heterocycles. The van der Waals surface area contributed by atoms with E-state index in [-0.39, 0.29) is 5.75 Å². The van der Waals surface area contributed by atoms with Crippen LogP contribution in [-0.2, 0) is 6.42 Å². The number of aliphatic hydroxyl groups is 1. The smallest absolute Gasteiger partial charge is 0.115 e. The van der Waals surface area contributed by atoms with Gasteiger partial charge in [-0.25, -0.2) is 0 Å². The molecule has 1 unspecified atom stereocenters. The van der Waals surface area contributed by atoms with Gasteiger partial charge in [-0.05, 0) is 31.0 Å². The molecule has 14 heavy (non-hydrogen) atoms. The molecule has 0 fully saturated rings. The molecule has 2 nitrogen and oxygen atoms in total. The lowest BCUT2D eigenvalue weighted by molar-refractivity contribution is 0.0505. The van der Waals surface area contributed by atoms with Gasteiger partial charge in [0.1, 0.15) is 5.75 Å². The highest BCUT2D eigenvalue weighted by molar-refractivity contribution is 5.28. The molecule has 78 valence electrons. The van der Waals surface area contributed by atoms with Gasteiger partial charge in [-0.1, -0.05) is 25.5 Å². The molecule has 2 heteroatoms. The predicted octanol–water partition coefficient (Wildman–Crippen LogP) is 2.49. The molecule has 0 saturated heterocycles. The molecule has 0 aliphatic heterocycles. The molecule has 0 saturated carbocycles. The highest BCUT2D eigenvalue weighted by Gasteiger charge is 2.19. The van der Waals surface area contributed by atoms with E-state index in [1.807, 2.05) is 13.0 Å². The lowest BCUT2D eigenvalue weighted by Crippen LogP contribution is -2.26. The summed E-state index contributed by atoms with van der Waals surface area (Å²) in [4.78, 5) is 0. The Morgan fingerprint density at radius 2 is 2.07 bits per heavy atom. The van der Waals surface area contributed by atoms with Crippen molar-refractivity contribution in [3.8, 4) is 5.75 Å². The van der Waals surface area contributed by atoms with Crippen LogP contribution >= 0.6 is 0 Å². The quantitative estimate of drug-likeness (QED) is 0.773. The van der Waals surface area contributed by atoms with Crippen LogP contribution in [0.5, 0.6) is 5.75 Å². The van der Waals surface area contributed by atoms with Gasteiger partial charge in [-0.15, -0.1) is 0 Å². The highest BCUT2D eigenvalue weighted by atomic mass is 16.3. The number of phenols is 1. The molecule has 2 N–H and O–H groups in total. The fourth-order valence-electron chi connectivity index (χ4n) is 1.73. The third kappa shape index (κ3) is 3.38. The molecule has 1 atom stereocenters. The Kier molecular flexibility index (Phi) is 3.53. The van der Waals surface area contributed by atoms with E-state index in [9.17, 15) is 10.2 Å². The van der Waals surface area contributed by atoms with Crippen molar-refractivity contribution in [1.29, 1.82) is 0 Å². The Hall–Kier alpha value is -1.02. The molecule has 0 spiro atoms. The fraction of sp³-hybridized carbons (Fsp3) is 0.500. The zero-order chi connectivity index (χ0) is 10.6. The summed E-state index contributed by atoms with van der Waals surface area (Å²) < 4.78 is 0. The van der Waals surface area contributed by atoms with Gasteiger partial charge in [-0.2, -0.15) is 0 Å². The first kappa shape index (κ1) is 11.1. The van der Waals surface area contributed by atoms with Gasteiger partial charge in [0.2, 0.25) is 0 Å². The first-order valence-electron chi connectivity index (χ1n) is 5.04. The summed E-state index contributed by atoms with van der Waals surface area (Å²) in [5.41, 5.74) is 0.311. The van der Waals surface area contributed by atoms with Crippen LogP contribution in [0, 0.1) is 0 Å². The van der Waals surface area contributed by atoms with Gasteiger partial charge < -0.3 is 10.2 Å². The second-order valence-electron chi connectivity index (χ2n) is 4.09. The Morgan fingerprint density at radius 3 is 2.64 bits per heavy atom. The first-order valence-corrected chi connectivity index (χ1v) is 5.04. The minimum Gasteiger partial charge on any atom is -0.508 e. The molecule has 0 aromatic heterocycles. The minimum absolute atomic E-state index is 0.259. The Bertz CT molecular complexity index is 292. The van der Waals surface area contributed by atoms with Crippen LogP contribution in [0.1, 0.15) is 32.3 Å².